The smallest absolute Gasteiger partial charge is 0.354 e. The van der Waals surface area contributed by atoms with Gasteiger partial charge in [0.05, 0.1) is 17.8 Å². The van der Waals surface area contributed by atoms with E-state index in [0.717, 1.165) is 34.3 Å². The van der Waals surface area contributed by atoms with E-state index in [1.165, 1.54) is 6.20 Å². The van der Waals surface area contributed by atoms with Crippen LogP contribution in [0.2, 0.25) is 5.02 Å². The highest BCUT2D eigenvalue weighted by Gasteiger charge is 2.24. The number of imidazole rings is 1. The van der Waals surface area contributed by atoms with E-state index in [2.05, 4.69) is 20.3 Å². The topological polar surface area (TPSA) is 128 Å². The zero-order valence-corrected chi connectivity index (χ0v) is 19.0. The highest BCUT2D eigenvalue weighted by atomic mass is 35.5. The van der Waals surface area contributed by atoms with Crippen LogP contribution in [0, 0.1) is 5.92 Å². The van der Waals surface area contributed by atoms with Gasteiger partial charge < -0.3 is 25.5 Å². The van der Waals surface area contributed by atoms with Crippen LogP contribution in [0.3, 0.4) is 0 Å². The lowest BCUT2D eigenvalue weighted by molar-refractivity contribution is 0.0682. The van der Waals surface area contributed by atoms with Crippen LogP contribution in [-0.4, -0.2) is 37.2 Å². The number of benzene rings is 1. The number of aromatic nitrogens is 4. The van der Waals surface area contributed by atoms with Gasteiger partial charge >= 0.3 is 5.97 Å². The van der Waals surface area contributed by atoms with Gasteiger partial charge in [-0.05, 0) is 36.2 Å². The number of nitrogens with one attached hydrogen (secondary N) is 1. The van der Waals surface area contributed by atoms with Gasteiger partial charge in [0, 0.05) is 60.3 Å². The molecule has 174 valence electrons. The van der Waals surface area contributed by atoms with E-state index in [9.17, 15) is 9.90 Å². The number of hydrogen-bond acceptors (Lipinski definition) is 7. The Bertz CT molecular complexity index is 1370. The Balaban J connectivity index is 1.19. The molecule has 1 atom stereocenters. The molecule has 0 aliphatic carbocycles. The van der Waals surface area contributed by atoms with Crippen LogP contribution in [0.25, 0.3) is 10.8 Å². The maximum atomic E-state index is 11.3. The zero-order chi connectivity index (χ0) is 23.7. The molecule has 0 radical (unpaired) electrons. The van der Waals surface area contributed by atoms with E-state index in [1.807, 2.05) is 30.3 Å². The Hall–Kier alpha value is -3.85. The first-order chi connectivity index (χ1) is 16.5. The predicted octanol–water partition coefficient (Wildman–Crippen LogP) is 4.01. The molecule has 0 amide bonds. The molecule has 1 aromatic carbocycles. The Morgan fingerprint density at radius 3 is 2.94 bits per heavy atom. The number of pyridine rings is 2. The lowest BCUT2D eigenvalue weighted by Crippen LogP contribution is -2.26. The van der Waals surface area contributed by atoms with Crippen LogP contribution >= 0.6 is 11.6 Å². The fraction of sp³-hybridized carbons (Fsp3) is 0.250. The third-order valence-corrected chi connectivity index (χ3v) is 6.32. The van der Waals surface area contributed by atoms with Gasteiger partial charge in [0.15, 0.2) is 0 Å². The molecule has 34 heavy (non-hydrogen) atoms. The van der Waals surface area contributed by atoms with Gasteiger partial charge in [-0.15, -0.1) is 0 Å². The van der Waals surface area contributed by atoms with Crippen molar-refractivity contribution in [2.24, 2.45) is 5.92 Å². The number of halogens is 1. The van der Waals surface area contributed by atoms with E-state index >= 15 is 0 Å². The number of fused-ring (bicyclic) bond motifs is 2. The van der Waals surface area contributed by atoms with E-state index < -0.39 is 5.97 Å². The minimum atomic E-state index is -0.948. The Morgan fingerprint density at radius 2 is 2.09 bits per heavy atom. The van der Waals surface area contributed by atoms with Crippen molar-refractivity contribution in [3.63, 3.8) is 0 Å². The summed E-state index contributed by atoms with van der Waals surface area (Å²) in [6, 6.07) is 9.65. The molecule has 0 spiro atoms. The van der Waals surface area contributed by atoms with Crippen LogP contribution in [0.4, 0.5) is 11.5 Å². The summed E-state index contributed by atoms with van der Waals surface area (Å²) in [7, 11) is 0. The Morgan fingerprint density at radius 1 is 1.21 bits per heavy atom. The molecule has 1 aliphatic rings. The lowest BCUT2D eigenvalue weighted by atomic mass is 9.99. The van der Waals surface area contributed by atoms with Crippen LogP contribution in [-0.2, 0) is 19.5 Å². The zero-order valence-electron chi connectivity index (χ0n) is 18.2. The summed E-state index contributed by atoms with van der Waals surface area (Å²) < 4.78 is 7.74. The molecule has 0 bridgehead atoms. The second-order valence-corrected chi connectivity index (χ2v) is 8.70. The number of aromatic carboxylic acids is 1. The van der Waals surface area contributed by atoms with Crippen LogP contribution in [0.1, 0.15) is 28.3 Å². The number of ether oxygens (including phenoxy) is 1. The number of nitrogens with two attached hydrogens (primary N) is 1. The predicted molar refractivity (Wildman–Crippen MR) is 129 cm³/mol. The standard InChI is InChI=1S/C24H23ClN6O3/c25-19-11-30-23(26)17-2-1-16(9-18(17)19)28-10-14-3-5-27-22(8-14)34-13-15-4-6-31-20(24(32)33)12-29-21(31)7-15/h1-3,5,8-9,11-12,15,28H,4,6-7,10,13H2,(H2,26,30)(H,32,33). The normalized spacial score (nSPS) is 15.1. The summed E-state index contributed by atoms with van der Waals surface area (Å²) in [5.41, 5.74) is 8.12. The van der Waals surface area contributed by atoms with Gasteiger partial charge in [0.1, 0.15) is 17.3 Å². The van der Waals surface area contributed by atoms with Crippen LogP contribution in [0.5, 0.6) is 5.88 Å². The molecule has 0 saturated carbocycles. The van der Waals surface area contributed by atoms with Crippen molar-refractivity contribution in [1.29, 1.82) is 0 Å². The van der Waals surface area contributed by atoms with Gasteiger partial charge in [-0.2, -0.15) is 0 Å². The van der Waals surface area contributed by atoms with Gasteiger partial charge in [-0.25, -0.2) is 19.7 Å². The monoisotopic (exact) mass is 478 g/mol. The van der Waals surface area contributed by atoms with E-state index in [0.29, 0.717) is 42.8 Å². The summed E-state index contributed by atoms with van der Waals surface area (Å²) in [4.78, 5) is 24.0. The van der Waals surface area contributed by atoms with E-state index in [1.54, 1.807) is 17.0 Å². The van der Waals surface area contributed by atoms with Crippen molar-refractivity contribution in [2.45, 2.75) is 25.9 Å². The van der Waals surface area contributed by atoms with Gasteiger partial charge in [0.2, 0.25) is 5.88 Å². The number of rotatable bonds is 7. The second-order valence-electron chi connectivity index (χ2n) is 8.29. The molecule has 10 heteroatoms. The average molecular weight is 479 g/mol. The molecule has 4 aromatic rings. The van der Waals surface area contributed by atoms with Crippen molar-refractivity contribution < 1.29 is 14.6 Å². The van der Waals surface area contributed by atoms with Gasteiger partial charge in [0.25, 0.3) is 0 Å². The van der Waals surface area contributed by atoms with E-state index in [4.69, 9.17) is 22.1 Å². The summed E-state index contributed by atoms with van der Waals surface area (Å²) in [5.74, 6) is 1.10. The van der Waals surface area contributed by atoms with Crippen LogP contribution in [0.15, 0.2) is 48.9 Å². The van der Waals surface area contributed by atoms with E-state index in [-0.39, 0.29) is 11.6 Å². The average Bonchev–Trinajstić information content (AvgIpc) is 3.28. The van der Waals surface area contributed by atoms with Gasteiger partial charge in [-0.3, -0.25) is 0 Å². The quantitative estimate of drug-likeness (QED) is 0.363. The van der Waals surface area contributed by atoms with Crippen molar-refractivity contribution in [2.75, 3.05) is 17.7 Å². The third-order valence-electron chi connectivity index (χ3n) is 6.02. The summed E-state index contributed by atoms with van der Waals surface area (Å²) in [5, 5.41) is 14.9. The second kappa shape index (κ2) is 9.18. The first-order valence-electron chi connectivity index (χ1n) is 10.9. The highest BCUT2D eigenvalue weighted by molar-refractivity contribution is 6.35. The number of carboxylic acids is 1. The molecule has 4 N–H and O–H groups in total. The summed E-state index contributed by atoms with van der Waals surface area (Å²) in [6.07, 6.45) is 6.21. The lowest BCUT2D eigenvalue weighted by Gasteiger charge is -2.24. The van der Waals surface area contributed by atoms with Crippen molar-refractivity contribution >= 4 is 39.8 Å². The third kappa shape index (κ3) is 4.47. The number of nitrogen functional groups attached to an aromatic ring is 1. The summed E-state index contributed by atoms with van der Waals surface area (Å²) >= 11 is 6.28. The van der Waals surface area contributed by atoms with Crippen LogP contribution < -0.4 is 15.8 Å². The van der Waals surface area contributed by atoms with Gasteiger partial charge in [-0.1, -0.05) is 11.6 Å². The molecular weight excluding hydrogens is 456 g/mol. The SMILES string of the molecule is Nc1ncc(Cl)c2cc(NCc3ccnc(OCC4CCn5c(C(=O)O)cnc5C4)c3)ccc12. The number of anilines is 2. The Labute approximate surface area is 200 Å². The fourth-order valence-corrected chi connectivity index (χ4v) is 4.40. The molecule has 0 saturated heterocycles. The number of carboxylic acid groups (broad SMARTS) is 1. The molecule has 1 unspecified atom stereocenters. The molecule has 1 aliphatic heterocycles. The molecular formula is C24H23ClN6O3. The van der Waals surface area contributed by atoms with Crippen molar-refractivity contribution in [3.8, 4) is 5.88 Å². The minimum absolute atomic E-state index is 0.241. The minimum Gasteiger partial charge on any atom is -0.477 e. The maximum absolute atomic E-state index is 11.3. The van der Waals surface area contributed by atoms with Crippen molar-refractivity contribution in [3.05, 3.63) is 71.0 Å². The first-order valence-corrected chi connectivity index (χ1v) is 11.3. The molecule has 3 aromatic heterocycles. The number of nitrogens with zero attached hydrogens (tertiary/aromatic N) is 4. The number of carbonyl (C=O) groups is 1. The fourth-order valence-electron chi connectivity index (χ4n) is 4.20. The summed E-state index contributed by atoms with van der Waals surface area (Å²) in [6.45, 7) is 1.71. The molecule has 5 rings (SSSR count). The Kier molecular flexibility index (Phi) is 5.93. The largest absolute Gasteiger partial charge is 0.477 e. The van der Waals surface area contributed by atoms with Crippen molar-refractivity contribution in [1.82, 2.24) is 19.5 Å². The number of hydrogen-bond donors (Lipinski definition) is 3. The maximum Gasteiger partial charge on any atom is 0.354 e. The highest BCUT2D eigenvalue weighted by Crippen LogP contribution is 2.29. The first kappa shape index (κ1) is 22.0. The molecule has 0 fully saturated rings. The molecule has 4 heterocycles. The molecule has 9 nitrogen and oxygen atoms in total.